The van der Waals surface area contributed by atoms with Gasteiger partial charge in [-0.1, -0.05) is 17.7 Å². The third-order valence-electron chi connectivity index (χ3n) is 7.15. The zero-order chi connectivity index (χ0) is 24.8. The van der Waals surface area contributed by atoms with Crippen LogP contribution in [0.25, 0.3) is 0 Å². The molecule has 2 saturated heterocycles. The average molecular weight is 489 g/mol. The number of aromatic nitrogens is 1. The largest absolute Gasteiger partial charge is 0.417 e. The molecule has 0 radical (unpaired) electrons. The molecule has 0 unspecified atom stereocenters. The van der Waals surface area contributed by atoms with Gasteiger partial charge in [0.1, 0.15) is 0 Å². The number of pyridine rings is 1. The summed E-state index contributed by atoms with van der Waals surface area (Å²) >= 11 is 0. The van der Waals surface area contributed by atoms with Gasteiger partial charge in [-0.05, 0) is 68.8 Å². The van der Waals surface area contributed by atoms with Crippen LogP contribution in [0.5, 0.6) is 0 Å². The smallest absolute Gasteiger partial charge is 0.370 e. The van der Waals surface area contributed by atoms with E-state index in [-0.39, 0.29) is 11.8 Å². The fourth-order valence-electron chi connectivity index (χ4n) is 5.17. The van der Waals surface area contributed by atoms with Gasteiger partial charge in [-0.2, -0.15) is 13.2 Å². The van der Waals surface area contributed by atoms with Crippen molar-refractivity contribution < 1.29 is 18.0 Å². The highest BCUT2D eigenvalue weighted by atomic mass is 19.4. The molecule has 0 bridgehead atoms. The first-order valence-corrected chi connectivity index (χ1v) is 12.6. The second-order valence-corrected chi connectivity index (χ2v) is 9.90. The molecule has 2 aliphatic heterocycles. The van der Waals surface area contributed by atoms with Crippen molar-refractivity contribution >= 4 is 11.6 Å². The molecule has 0 saturated carbocycles. The van der Waals surface area contributed by atoms with Crippen LogP contribution in [0.3, 0.4) is 0 Å². The second kappa shape index (κ2) is 11.4. The zero-order valence-electron chi connectivity index (χ0n) is 20.4. The molecule has 8 heteroatoms. The first kappa shape index (κ1) is 25.5. The Labute approximate surface area is 205 Å². The van der Waals surface area contributed by atoms with Crippen molar-refractivity contribution in [1.29, 1.82) is 0 Å². The Morgan fingerprint density at radius 1 is 1.03 bits per heavy atom. The standard InChI is InChI=1S/C27H35F3N4O/c1-21-5-7-25(8-6-21)33-12-3-10-32(14-15-33)13-9-26(35)34-11-2-4-22(20-34)16-23-17-24(19-31-18-23)27(28,29)30/h5-8,17-19,22H,2-4,9-16,20H2,1H3/t22-/m1/s1. The summed E-state index contributed by atoms with van der Waals surface area (Å²) in [6.45, 7) is 8.08. The fourth-order valence-corrected chi connectivity index (χ4v) is 5.17. The summed E-state index contributed by atoms with van der Waals surface area (Å²) in [5.41, 5.74) is 2.39. The van der Waals surface area contributed by atoms with Crippen LogP contribution >= 0.6 is 0 Å². The summed E-state index contributed by atoms with van der Waals surface area (Å²) in [4.78, 5) is 23.4. The van der Waals surface area contributed by atoms with Crippen LogP contribution in [0.15, 0.2) is 42.7 Å². The van der Waals surface area contributed by atoms with Crippen molar-refractivity contribution in [3.63, 3.8) is 0 Å². The van der Waals surface area contributed by atoms with E-state index in [0.29, 0.717) is 24.9 Å². The highest BCUT2D eigenvalue weighted by molar-refractivity contribution is 5.76. The number of rotatable bonds is 6. The highest BCUT2D eigenvalue weighted by Crippen LogP contribution is 2.30. The first-order valence-electron chi connectivity index (χ1n) is 12.6. The molecule has 2 fully saturated rings. The molecule has 35 heavy (non-hydrogen) atoms. The lowest BCUT2D eigenvalue weighted by Gasteiger charge is -2.33. The van der Waals surface area contributed by atoms with Gasteiger partial charge >= 0.3 is 6.18 Å². The molecule has 1 amide bonds. The molecule has 1 aromatic heterocycles. The molecular formula is C27H35F3N4O. The number of likely N-dealkylation sites (tertiary alicyclic amines) is 1. The van der Waals surface area contributed by atoms with E-state index < -0.39 is 11.7 Å². The van der Waals surface area contributed by atoms with Crippen molar-refractivity contribution in [2.45, 2.75) is 45.2 Å². The van der Waals surface area contributed by atoms with Crippen molar-refractivity contribution in [3.8, 4) is 0 Å². The predicted octanol–water partition coefficient (Wildman–Crippen LogP) is 4.79. The number of carbonyl (C=O) groups excluding carboxylic acids is 1. The Bertz CT molecular complexity index is 979. The third kappa shape index (κ3) is 7.19. The Morgan fingerprint density at radius 3 is 2.60 bits per heavy atom. The van der Waals surface area contributed by atoms with Gasteiger partial charge in [0, 0.05) is 63.8 Å². The second-order valence-electron chi connectivity index (χ2n) is 9.90. The van der Waals surface area contributed by atoms with Crippen molar-refractivity contribution in [1.82, 2.24) is 14.8 Å². The first-order chi connectivity index (χ1) is 16.8. The molecule has 190 valence electrons. The number of hydrogen-bond donors (Lipinski definition) is 0. The quantitative estimate of drug-likeness (QED) is 0.586. The molecule has 0 spiro atoms. The number of aryl methyl sites for hydroxylation is 1. The Kier molecular flexibility index (Phi) is 8.31. The number of halogens is 3. The lowest BCUT2D eigenvalue weighted by molar-refractivity contribution is -0.138. The molecule has 2 aliphatic rings. The molecule has 4 rings (SSSR count). The van der Waals surface area contributed by atoms with E-state index in [1.165, 1.54) is 23.5 Å². The maximum atomic E-state index is 13.0. The molecular weight excluding hydrogens is 453 g/mol. The lowest BCUT2D eigenvalue weighted by atomic mass is 9.91. The summed E-state index contributed by atoms with van der Waals surface area (Å²) in [5.74, 6) is 0.316. The van der Waals surface area contributed by atoms with Crippen LogP contribution in [-0.4, -0.2) is 66.5 Å². The zero-order valence-corrected chi connectivity index (χ0v) is 20.4. The summed E-state index contributed by atoms with van der Waals surface area (Å²) in [5, 5.41) is 0. The molecule has 5 nitrogen and oxygen atoms in total. The molecule has 2 aromatic rings. The normalized spacial score (nSPS) is 20.1. The fraction of sp³-hybridized carbons (Fsp3) is 0.556. The number of nitrogens with zero attached hydrogens (tertiary/aromatic N) is 4. The van der Waals surface area contributed by atoms with Gasteiger partial charge < -0.3 is 14.7 Å². The van der Waals surface area contributed by atoms with Crippen LogP contribution in [0.4, 0.5) is 18.9 Å². The van der Waals surface area contributed by atoms with E-state index >= 15 is 0 Å². The van der Waals surface area contributed by atoms with Crippen LogP contribution in [0.2, 0.25) is 0 Å². The number of alkyl halides is 3. The van der Waals surface area contributed by atoms with Gasteiger partial charge in [-0.3, -0.25) is 9.78 Å². The number of piperidine rings is 1. The monoisotopic (exact) mass is 488 g/mol. The SMILES string of the molecule is Cc1ccc(N2CCCN(CCC(=O)N3CCC[C@H](Cc4cncc(C(F)(F)F)c4)C3)CC2)cc1. The van der Waals surface area contributed by atoms with Gasteiger partial charge in [0.05, 0.1) is 5.56 Å². The predicted molar refractivity (Wildman–Crippen MR) is 131 cm³/mol. The summed E-state index contributed by atoms with van der Waals surface area (Å²) < 4.78 is 39.0. The van der Waals surface area contributed by atoms with Crippen molar-refractivity contribution in [3.05, 3.63) is 59.4 Å². The number of benzene rings is 1. The summed E-state index contributed by atoms with van der Waals surface area (Å²) in [6.07, 6.45) is 1.86. The van der Waals surface area contributed by atoms with E-state index in [4.69, 9.17) is 0 Å². The average Bonchev–Trinajstić information content (AvgIpc) is 3.09. The van der Waals surface area contributed by atoms with E-state index in [0.717, 1.165) is 64.7 Å². The van der Waals surface area contributed by atoms with E-state index in [1.54, 1.807) is 0 Å². The highest BCUT2D eigenvalue weighted by Gasteiger charge is 2.31. The van der Waals surface area contributed by atoms with Crippen molar-refractivity contribution in [2.24, 2.45) is 5.92 Å². The van der Waals surface area contributed by atoms with Crippen LogP contribution in [0, 0.1) is 12.8 Å². The van der Waals surface area contributed by atoms with Gasteiger partial charge in [0.15, 0.2) is 0 Å². The van der Waals surface area contributed by atoms with Crippen molar-refractivity contribution in [2.75, 3.05) is 50.7 Å². The minimum atomic E-state index is -4.39. The molecule has 1 aromatic carbocycles. The minimum Gasteiger partial charge on any atom is -0.370 e. The molecule has 3 heterocycles. The van der Waals surface area contributed by atoms with Gasteiger partial charge in [-0.15, -0.1) is 0 Å². The maximum absolute atomic E-state index is 13.0. The number of amides is 1. The number of carbonyl (C=O) groups is 1. The topological polar surface area (TPSA) is 39.7 Å². The van der Waals surface area contributed by atoms with Gasteiger partial charge in [0.25, 0.3) is 0 Å². The maximum Gasteiger partial charge on any atom is 0.417 e. The minimum absolute atomic E-state index is 0.150. The van der Waals surface area contributed by atoms with E-state index in [9.17, 15) is 18.0 Å². The Morgan fingerprint density at radius 2 is 1.83 bits per heavy atom. The number of anilines is 1. The van der Waals surface area contributed by atoms with E-state index in [1.807, 2.05) is 4.90 Å². The van der Waals surface area contributed by atoms with Gasteiger partial charge in [-0.25, -0.2) is 0 Å². The lowest BCUT2D eigenvalue weighted by Crippen LogP contribution is -2.42. The third-order valence-corrected chi connectivity index (χ3v) is 7.15. The number of hydrogen-bond acceptors (Lipinski definition) is 4. The molecule has 0 aliphatic carbocycles. The van der Waals surface area contributed by atoms with E-state index in [2.05, 4.69) is 46.0 Å². The van der Waals surface area contributed by atoms with Gasteiger partial charge in [0.2, 0.25) is 5.91 Å². The Balaban J connectivity index is 1.24. The van der Waals surface area contributed by atoms with Crippen LogP contribution in [-0.2, 0) is 17.4 Å². The summed E-state index contributed by atoms with van der Waals surface area (Å²) in [7, 11) is 0. The van der Waals surface area contributed by atoms with Crippen LogP contribution < -0.4 is 4.90 Å². The molecule has 0 N–H and O–H groups in total. The summed E-state index contributed by atoms with van der Waals surface area (Å²) in [6, 6.07) is 9.83. The Hall–Kier alpha value is -2.61. The van der Waals surface area contributed by atoms with Crippen LogP contribution in [0.1, 0.15) is 42.4 Å². The molecule has 1 atom stereocenters.